The molecule has 3 aliphatic rings. The average molecular weight is 1090 g/mol. The van der Waals surface area contributed by atoms with Gasteiger partial charge in [0.05, 0.1) is 28.3 Å². The Kier molecular flexibility index (Phi) is 12.6. The lowest BCUT2D eigenvalue weighted by molar-refractivity contribution is 0.483. The van der Waals surface area contributed by atoms with Crippen molar-refractivity contribution >= 4 is 63.4 Å². The normalized spacial score (nSPS) is 15.6. The van der Waals surface area contributed by atoms with Crippen LogP contribution in [0.25, 0.3) is 45.1 Å². The second-order valence-electron chi connectivity index (χ2n) is 27.3. The zero-order valence-electron chi connectivity index (χ0n) is 49.9. The highest BCUT2D eigenvalue weighted by Gasteiger charge is 2.55. The Balaban J connectivity index is 0.975. The monoisotopic (exact) mass is 1090 g/mol. The van der Waals surface area contributed by atoms with Crippen LogP contribution in [0.4, 0.5) is 22.7 Å². The van der Waals surface area contributed by atoms with Crippen LogP contribution in [0.5, 0.6) is 11.5 Å². The highest BCUT2D eigenvalue weighted by Crippen LogP contribution is 2.54. The van der Waals surface area contributed by atoms with Crippen molar-refractivity contribution in [2.45, 2.75) is 117 Å². The summed E-state index contributed by atoms with van der Waals surface area (Å²) >= 11 is 0. The fourth-order valence-corrected chi connectivity index (χ4v) is 19.2. The Morgan fingerprint density at radius 3 is 1.66 bits per heavy atom. The number of hydrogen-bond donors (Lipinski definition) is 0. The van der Waals surface area contributed by atoms with Gasteiger partial charge in [-0.25, -0.2) is 4.98 Å². The third-order valence-electron chi connectivity index (χ3n) is 17.8. The second-order valence-corrected chi connectivity index (χ2v) is 31.3. The minimum absolute atomic E-state index is 0.0479. The molecule has 13 rings (SSSR count). The smallest absolute Gasteiger partial charge is 0.156 e. The number of para-hydroxylation sites is 2. The van der Waals surface area contributed by atoms with E-state index >= 15 is 0 Å². The Hall–Kier alpha value is -8.19. The van der Waals surface area contributed by atoms with E-state index in [0.29, 0.717) is 6.67 Å². The summed E-state index contributed by atoms with van der Waals surface area (Å²) in [4.78, 5) is 10.2. The van der Waals surface area contributed by atoms with Crippen LogP contribution >= 0.6 is 0 Å². The van der Waals surface area contributed by atoms with Gasteiger partial charge in [-0.15, -0.1) is 0 Å². The van der Waals surface area contributed by atoms with Gasteiger partial charge in [-0.2, -0.15) is 0 Å². The fraction of sp³-hybridized carbons (Fsp3) is 0.250. The van der Waals surface area contributed by atoms with E-state index in [9.17, 15) is 0 Å². The minimum Gasteiger partial charge on any atom is -0.457 e. The number of allylic oxidation sites excluding steroid dienone is 1. The average Bonchev–Trinajstić information content (AvgIpc) is 1.64. The Labute approximate surface area is 487 Å². The van der Waals surface area contributed by atoms with E-state index in [1.165, 1.54) is 82.4 Å². The van der Waals surface area contributed by atoms with E-state index in [4.69, 9.17) is 9.72 Å². The van der Waals surface area contributed by atoms with E-state index in [0.717, 1.165) is 46.3 Å². The minimum atomic E-state index is -2.75. The van der Waals surface area contributed by atoms with Crippen molar-refractivity contribution in [3.05, 3.63) is 240 Å². The molecule has 1 unspecified atom stereocenters. The number of aromatic nitrogens is 2. The molecule has 0 radical (unpaired) electrons. The van der Waals surface area contributed by atoms with Gasteiger partial charge in [-0.05, 0) is 149 Å². The second kappa shape index (κ2) is 19.5. The molecule has 0 saturated heterocycles. The van der Waals surface area contributed by atoms with E-state index < -0.39 is 8.07 Å². The maximum Gasteiger partial charge on any atom is 0.156 e. The summed E-state index contributed by atoms with van der Waals surface area (Å²) in [5, 5.41) is 5.59. The third-order valence-corrected chi connectivity index (χ3v) is 23.1. The summed E-state index contributed by atoms with van der Waals surface area (Å²) in [6.45, 7) is 28.5. The molecule has 1 atom stereocenters. The molecule has 10 aromatic rings. The number of ether oxygens (including phenoxy) is 1. The molecular weight excluding hydrogens is 1010 g/mol. The van der Waals surface area contributed by atoms with Gasteiger partial charge in [-0.1, -0.05) is 217 Å². The molecular formula is C76H76N4OSi. The molecule has 0 spiro atoms. The Bertz CT molecular complexity index is 4060. The number of pyridine rings is 1. The molecule has 0 fully saturated rings. The number of rotatable bonds is 9. The Morgan fingerprint density at radius 2 is 1.05 bits per heavy atom. The van der Waals surface area contributed by atoms with Crippen LogP contribution in [0.15, 0.2) is 206 Å². The standard InChI is InChI=1S/C76H76N4OSi/c1-73(2,3)52-38-39-77-69(45-52)80-65-36-25-37-67-70(65)71-66(80)47-58(48-68(71)82(67,59-30-18-14-19-31-59)60-32-20-15-21-33-60)81-57-29-24-28-56(46-57)78-49-79(64-35-23-22-34-63(64)78)72-61(50-26-16-13-17-27-50)43-55(76(10,11)12)44-62(72)51-40-53(74(4,5)6)42-54(41-51)75(7,8)9/h13-36,38-48,67H,37,49H2,1-12H3. The van der Waals surface area contributed by atoms with Crippen LogP contribution in [-0.4, -0.2) is 24.3 Å². The van der Waals surface area contributed by atoms with Gasteiger partial charge in [0.15, 0.2) is 8.07 Å². The fourth-order valence-electron chi connectivity index (χ4n) is 13.4. The molecule has 2 aromatic heterocycles. The number of anilines is 4. The quantitative estimate of drug-likeness (QED) is 0.135. The molecule has 1 aliphatic carbocycles. The molecule has 2 aliphatic heterocycles. The van der Waals surface area contributed by atoms with Gasteiger partial charge in [0.2, 0.25) is 0 Å². The largest absolute Gasteiger partial charge is 0.457 e. The lowest BCUT2D eigenvalue weighted by atomic mass is 9.77. The molecule has 0 N–H and O–H groups in total. The van der Waals surface area contributed by atoms with Crippen molar-refractivity contribution in [1.82, 2.24) is 9.55 Å². The zero-order valence-corrected chi connectivity index (χ0v) is 50.9. The predicted molar refractivity (Wildman–Crippen MR) is 349 cm³/mol. The van der Waals surface area contributed by atoms with Crippen LogP contribution in [0, 0.1) is 0 Å². The van der Waals surface area contributed by atoms with Gasteiger partial charge < -0.3 is 14.5 Å². The number of hydrogen-bond acceptors (Lipinski definition) is 4. The van der Waals surface area contributed by atoms with E-state index in [1.807, 2.05) is 6.20 Å². The first-order chi connectivity index (χ1) is 39.2. The van der Waals surface area contributed by atoms with Gasteiger partial charge in [-0.3, -0.25) is 4.57 Å². The first-order valence-corrected chi connectivity index (χ1v) is 31.6. The van der Waals surface area contributed by atoms with Crippen molar-refractivity contribution in [2.24, 2.45) is 0 Å². The molecule has 410 valence electrons. The maximum absolute atomic E-state index is 7.39. The van der Waals surface area contributed by atoms with Crippen molar-refractivity contribution in [3.63, 3.8) is 0 Å². The molecule has 0 saturated carbocycles. The predicted octanol–water partition coefficient (Wildman–Crippen LogP) is 18.1. The highest BCUT2D eigenvalue weighted by atomic mass is 28.3. The zero-order chi connectivity index (χ0) is 57.1. The third kappa shape index (κ3) is 8.93. The van der Waals surface area contributed by atoms with Crippen molar-refractivity contribution in [1.29, 1.82) is 0 Å². The summed E-state index contributed by atoms with van der Waals surface area (Å²) in [5.41, 5.74) is 18.5. The van der Waals surface area contributed by atoms with E-state index in [1.54, 1.807) is 0 Å². The van der Waals surface area contributed by atoms with E-state index in [2.05, 4.69) is 304 Å². The van der Waals surface area contributed by atoms with Crippen molar-refractivity contribution < 1.29 is 4.74 Å². The van der Waals surface area contributed by atoms with Crippen LogP contribution in [0.2, 0.25) is 0 Å². The molecule has 0 bridgehead atoms. The highest BCUT2D eigenvalue weighted by molar-refractivity contribution is 7.14. The summed E-state index contributed by atoms with van der Waals surface area (Å²) < 4.78 is 9.81. The van der Waals surface area contributed by atoms with Gasteiger partial charge in [0, 0.05) is 40.5 Å². The van der Waals surface area contributed by atoms with Gasteiger partial charge in [0.25, 0.3) is 0 Å². The number of nitrogens with zero attached hydrogens (tertiary/aromatic N) is 4. The van der Waals surface area contributed by atoms with Crippen LogP contribution in [0.1, 0.15) is 129 Å². The number of benzene rings is 8. The van der Waals surface area contributed by atoms with Crippen LogP contribution in [-0.2, 0) is 21.7 Å². The van der Waals surface area contributed by atoms with Crippen molar-refractivity contribution in [2.75, 3.05) is 16.5 Å². The molecule has 8 aromatic carbocycles. The molecule has 0 amide bonds. The first kappa shape index (κ1) is 53.1. The molecule has 6 heteroatoms. The summed E-state index contributed by atoms with van der Waals surface area (Å²) in [7, 11) is -2.75. The summed E-state index contributed by atoms with van der Waals surface area (Å²) in [6.07, 6.45) is 7.73. The van der Waals surface area contributed by atoms with Gasteiger partial charge >= 0.3 is 0 Å². The topological polar surface area (TPSA) is 33.5 Å². The lowest BCUT2D eigenvalue weighted by Gasteiger charge is -2.38. The van der Waals surface area contributed by atoms with Crippen LogP contribution < -0.4 is 30.1 Å². The van der Waals surface area contributed by atoms with Crippen molar-refractivity contribution in [3.8, 4) is 39.6 Å². The Morgan fingerprint density at radius 1 is 0.488 bits per heavy atom. The molecule has 82 heavy (non-hydrogen) atoms. The molecule has 5 nitrogen and oxygen atoms in total. The summed E-state index contributed by atoms with van der Waals surface area (Å²) in [5.74, 6) is 2.54. The number of fused-ring (bicyclic) bond motifs is 1. The summed E-state index contributed by atoms with van der Waals surface area (Å²) in [6, 6.07) is 73.0. The van der Waals surface area contributed by atoms with Gasteiger partial charge in [0.1, 0.15) is 24.0 Å². The maximum atomic E-state index is 7.39. The SMILES string of the molecule is CC(C)(C)c1cc(-c2cc(C(C)(C)C)cc(-c3ccccc3)c2N2CN(c3cccc(Oc4cc5c6c7c(n(-c8cc(C(C)(C)C)ccn8)c6c4)C=CCC7[Si]5(c4ccccc4)c4ccccc4)c3)c3ccccc32)cc(C(C)(C)C)c1. The van der Waals surface area contributed by atoms with E-state index in [-0.39, 0.29) is 27.2 Å². The molecule has 4 heterocycles. The lowest BCUT2D eigenvalue weighted by Crippen LogP contribution is -2.69. The van der Waals surface area contributed by atoms with Crippen LogP contribution in [0.3, 0.4) is 0 Å². The first-order valence-electron chi connectivity index (χ1n) is 29.5.